The molecule has 1 aromatic rings. The molecule has 0 aliphatic heterocycles. The summed E-state index contributed by atoms with van der Waals surface area (Å²) in [5.74, 6) is 1.04. The van der Waals surface area contributed by atoms with Gasteiger partial charge in [-0.1, -0.05) is 0 Å². The molecule has 1 atom stereocenters. The SMILES string of the molecule is Cc1occc1CN(C)C(C)CCNC1CC1. The Hall–Kier alpha value is -0.800. The van der Waals surface area contributed by atoms with Crippen molar-refractivity contribution >= 4 is 0 Å². The van der Waals surface area contributed by atoms with E-state index in [1.807, 2.05) is 6.92 Å². The van der Waals surface area contributed by atoms with Crippen molar-refractivity contribution < 1.29 is 4.42 Å². The maximum Gasteiger partial charge on any atom is 0.105 e. The molecule has 1 heterocycles. The number of hydrogen-bond acceptors (Lipinski definition) is 3. The van der Waals surface area contributed by atoms with Crippen LogP contribution in [0.2, 0.25) is 0 Å². The van der Waals surface area contributed by atoms with E-state index >= 15 is 0 Å². The first-order valence-electron chi connectivity index (χ1n) is 6.63. The molecule has 0 amide bonds. The van der Waals surface area contributed by atoms with Gasteiger partial charge >= 0.3 is 0 Å². The zero-order valence-corrected chi connectivity index (χ0v) is 11.2. The maximum absolute atomic E-state index is 5.33. The molecule has 3 heteroatoms. The lowest BCUT2D eigenvalue weighted by molar-refractivity contribution is 0.235. The number of aryl methyl sites for hydroxylation is 1. The minimum Gasteiger partial charge on any atom is -0.469 e. The highest BCUT2D eigenvalue weighted by molar-refractivity contribution is 5.15. The molecule has 17 heavy (non-hydrogen) atoms. The van der Waals surface area contributed by atoms with Crippen molar-refractivity contribution in [3.05, 3.63) is 23.7 Å². The summed E-state index contributed by atoms with van der Waals surface area (Å²) < 4.78 is 5.33. The molecule has 0 aromatic carbocycles. The largest absolute Gasteiger partial charge is 0.469 e. The summed E-state index contributed by atoms with van der Waals surface area (Å²) in [4.78, 5) is 2.40. The Morgan fingerprint density at radius 3 is 2.88 bits per heavy atom. The molecule has 0 spiro atoms. The van der Waals surface area contributed by atoms with Gasteiger partial charge in [-0.3, -0.25) is 4.90 Å². The zero-order chi connectivity index (χ0) is 12.3. The molecule has 0 radical (unpaired) electrons. The third-order valence-corrected chi connectivity index (χ3v) is 3.71. The van der Waals surface area contributed by atoms with Crippen LogP contribution in [0.5, 0.6) is 0 Å². The van der Waals surface area contributed by atoms with Crippen LogP contribution in [0.4, 0.5) is 0 Å². The lowest BCUT2D eigenvalue weighted by atomic mass is 10.1. The summed E-state index contributed by atoms with van der Waals surface area (Å²) in [7, 11) is 2.19. The second kappa shape index (κ2) is 5.69. The molecule has 1 aromatic heterocycles. The van der Waals surface area contributed by atoms with Gasteiger partial charge in [0.05, 0.1) is 6.26 Å². The van der Waals surface area contributed by atoms with Gasteiger partial charge in [-0.05, 0) is 52.8 Å². The average molecular weight is 236 g/mol. The van der Waals surface area contributed by atoms with Crippen LogP contribution in [-0.2, 0) is 6.54 Å². The van der Waals surface area contributed by atoms with Crippen LogP contribution in [0.3, 0.4) is 0 Å². The Bertz CT molecular complexity index is 344. The fourth-order valence-corrected chi connectivity index (χ4v) is 2.00. The summed E-state index contributed by atoms with van der Waals surface area (Å²) in [6.07, 6.45) is 5.73. The normalized spacial score (nSPS) is 17.6. The summed E-state index contributed by atoms with van der Waals surface area (Å²) >= 11 is 0. The van der Waals surface area contributed by atoms with Crippen LogP contribution < -0.4 is 5.32 Å². The number of rotatable bonds is 7. The molecule has 2 rings (SSSR count). The van der Waals surface area contributed by atoms with Crippen molar-refractivity contribution in [1.82, 2.24) is 10.2 Å². The molecule has 0 bridgehead atoms. The minimum absolute atomic E-state index is 0.607. The average Bonchev–Trinajstić information content (AvgIpc) is 3.04. The quantitative estimate of drug-likeness (QED) is 0.788. The van der Waals surface area contributed by atoms with Gasteiger partial charge in [0.2, 0.25) is 0 Å². The maximum atomic E-state index is 5.33. The van der Waals surface area contributed by atoms with Crippen molar-refractivity contribution in [1.29, 1.82) is 0 Å². The van der Waals surface area contributed by atoms with E-state index in [2.05, 4.69) is 30.3 Å². The predicted octanol–water partition coefficient (Wildman–Crippen LogP) is 2.55. The highest BCUT2D eigenvalue weighted by atomic mass is 16.3. The smallest absolute Gasteiger partial charge is 0.105 e. The highest BCUT2D eigenvalue weighted by Crippen LogP contribution is 2.19. The van der Waals surface area contributed by atoms with E-state index in [1.165, 1.54) is 24.8 Å². The summed E-state index contributed by atoms with van der Waals surface area (Å²) in [6, 6.07) is 3.50. The van der Waals surface area contributed by atoms with Crippen LogP contribution in [0.25, 0.3) is 0 Å². The monoisotopic (exact) mass is 236 g/mol. The van der Waals surface area contributed by atoms with E-state index in [-0.39, 0.29) is 0 Å². The molecule has 1 unspecified atom stereocenters. The van der Waals surface area contributed by atoms with Gasteiger partial charge in [0.25, 0.3) is 0 Å². The molecule has 0 saturated heterocycles. The summed E-state index contributed by atoms with van der Waals surface area (Å²) in [5, 5.41) is 3.57. The van der Waals surface area contributed by atoms with Crippen LogP contribution >= 0.6 is 0 Å². The predicted molar refractivity (Wildman–Crippen MR) is 70.0 cm³/mol. The van der Waals surface area contributed by atoms with E-state index in [0.717, 1.165) is 24.9 Å². The zero-order valence-electron chi connectivity index (χ0n) is 11.2. The Labute approximate surface area is 104 Å². The molecule has 1 fully saturated rings. The number of hydrogen-bond donors (Lipinski definition) is 1. The minimum atomic E-state index is 0.607. The Balaban J connectivity index is 1.70. The Morgan fingerprint density at radius 1 is 1.53 bits per heavy atom. The number of nitrogens with zero attached hydrogens (tertiary/aromatic N) is 1. The van der Waals surface area contributed by atoms with Gasteiger partial charge in [-0.2, -0.15) is 0 Å². The molecule has 1 aliphatic carbocycles. The fourth-order valence-electron chi connectivity index (χ4n) is 2.00. The third-order valence-electron chi connectivity index (χ3n) is 3.71. The van der Waals surface area contributed by atoms with Gasteiger partial charge in [-0.25, -0.2) is 0 Å². The molecular formula is C14H24N2O. The van der Waals surface area contributed by atoms with E-state index in [9.17, 15) is 0 Å². The first kappa shape index (κ1) is 12.7. The van der Waals surface area contributed by atoms with Crippen molar-refractivity contribution in [2.24, 2.45) is 0 Å². The van der Waals surface area contributed by atoms with Gasteiger partial charge in [0.1, 0.15) is 5.76 Å². The first-order valence-corrected chi connectivity index (χ1v) is 6.63. The van der Waals surface area contributed by atoms with Crippen LogP contribution in [-0.4, -0.2) is 30.6 Å². The van der Waals surface area contributed by atoms with Gasteiger partial charge < -0.3 is 9.73 Å². The molecule has 1 aliphatic rings. The number of furan rings is 1. The first-order chi connectivity index (χ1) is 8.16. The van der Waals surface area contributed by atoms with E-state index < -0.39 is 0 Å². The van der Waals surface area contributed by atoms with Crippen molar-refractivity contribution in [3.63, 3.8) is 0 Å². The lowest BCUT2D eigenvalue weighted by Crippen LogP contribution is -2.32. The van der Waals surface area contributed by atoms with Crippen molar-refractivity contribution in [2.75, 3.05) is 13.6 Å². The lowest BCUT2D eigenvalue weighted by Gasteiger charge is -2.24. The van der Waals surface area contributed by atoms with Gasteiger partial charge in [0, 0.05) is 24.2 Å². The van der Waals surface area contributed by atoms with Gasteiger partial charge in [-0.15, -0.1) is 0 Å². The molecule has 1 saturated carbocycles. The van der Waals surface area contributed by atoms with Crippen LogP contribution in [0, 0.1) is 6.92 Å². The van der Waals surface area contributed by atoms with E-state index in [1.54, 1.807) is 6.26 Å². The Morgan fingerprint density at radius 2 is 2.29 bits per heavy atom. The van der Waals surface area contributed by atoms with Gasteiger partial charge in [0.15, 0.2) is 0 Å². The highest BCUT2D eigenvalue weighted by Gasteiger charge is 2.20. The Kier molecular flexibility index (Phi) is 4.24. The second-order valence-electron chi connectivity index (χ2n) is 5.28. The number of nitrogens with one attached hydrogen (secondary N) is 1. The third kappa shape index (κ3) is 3.86. The van der Waals surface area contributed by atoms with Crippen LogP contribution in [0.1, 0.15) is 37.5 Å². The molecule has 3 nitrogen and oxygen atoms in total. The summed E-state index contributed by atoms with van der Waals surface area (Å²) in [6.45, 7) is 6.44. The topological polar surface area (TPSA) is 28.4 Å². The fraction of sp³-hybridized carbons (Fsp3) is 0.714. The van der Waals surface area contributed by atoms with Crippen LogP contribution in [0.15, 0.2) is 16.7 Å². The van der Waals surface area contributed by atoms with E-state index in [4.69, 9.17) is 4.42 Å². The van der Waals surface area contributed by atoms with Crippen molar-refractivity contribution in [3.8, 4) is 0 Å². The second-order valence-corrected chi connectivity index (χ2v) is 5.28. The molecule has 1 N–H and O–H groups in total. The molecule has 96 valence electrons. The standard InChI is InChI=1S/C14H24N2O/c1-11(6-8-15-14-4-5-14)16(3)10-13-7-9-17-12(13)2/h7,9,11,14-15H,4-6,8,10H2,1-3H3. The summed E-state index contributed by atoms with van der Waals surface area (Å²) in [5.41, 5.74) is 1.30. The van der Waals surface area contributed by atoms with E-state index in [0.29, 0.717) is 6.04 Å². The van der Waals surface area contributed by atoms with Crippen molar-refractivity contribution in [2.45, 2.75) is 51.7 Å². The molecular weight excluding hydrogens is 212 g/mol.